The lowest BCUT2D eigenvalue weighted by Crippen LogP contribution is -2.07. The fourth-order valence-corrected chi connectivity index (χ4v) is 1.03. The van der Waals surface area contributed by atoms with Crippen LogP contribution in [0.2, 0.25) is 0 Å². The van der Waals surface area contributed by atoms with Crippen LogP contribution in [0.15, 0.2) is 23.3 Å². The van der Waals surface area contributed by atoms with Crippen molar-refractivity contribution in [2.75, 3.05) is 0 Å². The molecule has 0 aliphatic rings. The average Bonchev–Trinajstić information content (AvgIpc) is 2.06. The van der Waals surface area contributed by atoms with Gasteiger partial charge in [0.1, 0.15) is 0 Å². The molecule has 0 aromatic carbocycles. The van der Waals surface area contributed by atoms with Gasteiger partial charge in [0.25, 0.3) is 0 Å². The van der Waals surface area contributed by atoms with Gasteiger partial charge in [-0.1, -0.05) is 19.1 Å². The number of carbonyl (C=O) groups excluding carboxylic acids is 2. The highest BCUT2D eigenvalue weighted by Crippen LogP contribution is 2.11. The van der Waals surface area contributed by atoms with Crippen LogP contribution < -0.4 is 0 Å². The maximum atomic E-state index is 11.1. The molecule has 0 heterocycles. The van der Waals surface area contributed by atoms with Gasteiger partial charge in [-0.25, -0.2) is 4.79 Å². The lowest BCUT2D eigenvalue weighted by Gasteiger charge is -2.03. The predicted octanol–water partition coefficient (Wildman–Crippen LogP) is 1.99. The van der Waals surface area contributed by atoms with Crippen molar-refractivity contribution in [3.63, 3.8) is 0 Å². The quantitative estimate of drug-likeness (QED) is 0.219. The summed E-state index contributed by atoms with van der Waals surface area (Å²) in [5.74, 6) is -0.597. The zero-order valence-electron chi connectivity index (χ0n) is 8.16. The SMILES string of the molecule is C/C=C(C(=O)OC=O)\C(C)=C/CC. The standard InChI is InChI=1S/C10H14O3/c1-4-6-8(3)9(5-2)10(12)13-7-11/h5-7H,4H2,1-3H3/b8-6-,9-5+. The minimum atomic E-state index is -0.597. The highest BCUT2D eigenvalue weighted by molar-refractivity contribution is 5.96. The van der Waals surface area contributed by atoms with E-state index >= 15 is 0 Å². The molecule has 0 aliphatic carbocycles. The van der Waals surface area contributed by atoms with Gasteiger partial charge in [0.2, 0.25) is 0 Å². The van der Waals surface area contributed by atoms with Crippen LogP contribution in [0.4, 0.5) is 0 Å². The molecule has 0 atom stereocenters. The number of ether oxygens (including phenoxy) is 1. The van der Waals surface area contributed by atoms with Crippen molar-refractivity contribution in [2.45, 2.75) is 27.2 Å². The number of hydrogen-bond donors (Lipinski definition) is 0. The average molecular weight is 182 g/mol. The Morgan fingerprint density at radius 3 is 2.46 bits per heavy atom. The summed E-state index contributed by atoms with van der Waals surface area (Å²) in [6.07, 6.45) is 4.38. The van der Waals surface area contributed by atoms with Gasteiger partial charge in [-0.15, -0.1) is 0 Å². The highest BCUT2D eigenvalue weighted by Gasteiger charge is 2.10. The third-order valence-electron chi connectivity index (χ3n) is 1.60. The first-order valence-corrected chi connectivity index (χ1v) is 4.15. The first kappa shape index (κ1) is 11.6. The molecule has 0 fully saturated rings. The molecule has 3 heteroatoms. The van der Waals surface area contributed by atoms with Crippen LogP contribution in [0.1, 0.15) is 27.2 Å². The molecule has 0 spiro atoms. The van der Waals surface area contributed by atoms with Crippen molar-refractivity contribution in [1.29, 1.82) is 0 Å². The molecule has 0 rings (SSSR count). The Hall–Kier alpha value is -1.38. The minimum Gasteiger partial charge on any atom is -0.392 e. The molecule has 0 aromatic rings. The summed E-state index contributed by atoms with van der Waals surface area (Å²) in [7, 11) is 0. The lowest BCUT2D eigenvalue weighted by atomic mass is 10.1. The molecule has 13 heavy (non-hydrogen) atoms. The summed E-state index contributed by atoms with van der Waals surface area (Å²) in [4.78, 5) is 21.1. The molecule has 0 amide bonds. The van der Waals surface area contributed by atoms with Gasteiger partial charge < -0.3 is 4.74 Å². The summed E-state index contributed by atoms with van der Waals surface area (Å²) in [5.41, 5.74) is 1.27. The zero-order valence-corrected chi connectivity index (χ0v) is 8.16. The van der Waals surface area contributed by atoms with Crippen LogP contribution in [-0.4, -0.2) is 12.4 Å². The number of carbonyl (C=O) groups is 2. The third kappa shape index (κ3) is 3.69. The Bertz CT molecular complexity index is 249. The maximum absolute atomic E-state index is 11.1. The second kappa shape index (κ2) is 6.17. The smallest absolute Gasteiger partial charge is 0.345 e. The Morgan fingerprint density at radius 2 is 2.08 bits per heavy atom. The van der Waals surface area contributed by atoms with Crippen LogP contribution in [0.25, 0.3) is 0 Å². The molecule has 0 saturated heterocycles. The topological polar surface area (TPSA) is 43.4 Å². The molecule has 0 unspecified atom stereocenters. The van der Waals surface area contributed by atoms with Crippen molar-refractivity contribution in [1.82, 2.24) is 0 Å². The number of esters is 1. The summed E-state index contributed by atoms with van der Waals surface area (Å²) >= 11 is 0. The van der Waals surface area contributed by atoms with E-state index < -0.39 is 5.97 Å². The van der Waals surface area contributed by atoms with Crippen LogP contribution in [-0.2, 0) is 14.3 Å². The second-order valence-corrected chi connectivity index (χ2v) is 2.50. The normalized spacial score (nSPS) is 12.5. The molecule has 0 radical (unpaired) electrons. The Labute approximate surface area is 78.1 Å². The van der Waals surface area contributed by atoms with E-state index in [0.29, 0.717) is 5.57 Å². The molecule has 72 valence electrons. The van der Waals surface area contributed by atoms with E-state index in [1.807, 2.05) is 19.9 Å². The first-order chi connectivity index (χ1) is 6.17. The van der Waals surface area contributed by atoms with Gasteiger partial charge >= 0.3 is 12.4 Å². The van der Waals surface area contributed by atoms with Crippen molar-refractivity contribution in [3.05, 3.63) is 23.3 Å². The minimum absolute atomic E-state index is 0.144. The van der Waals surface area contributed by atoms with Crippen LogP contribution >= 0.6 is 0 Å². The van der Waals surface area contributed by atoms with Gasteiger partial charge in [0.05, 0.1) is 5.57 Å². The van der Waals surface area contributed by atoms with E-state index in [1.54, 1.807) is 13.0 Å². The zero-order chi connectivity index (χ0) is 10.3. The molecular weight excluding hydrogens is 168 g/mol. The molecule has 0 aromatic heterocycles. The van der Waals surface area contributed by atoms with Gasteiger partial charge in [0.15, 0.2) is 0 Å². The lowest BCUT2D eigenvalue weighted by molar-refractivity contribution is -0.147. The molecule has 3 nitrogen and oxygen atoms in total. The monoisotopic (exact) mass is 182 g/mol. The van der Waals surface area contributed by atoms with Crippen molar-refractivity contribution in [2.24, 2.45) is 0 Å². The van der Waals surface area contributed by atoms with E-state index in [4.69, 9.17) is 0 Å². The maximum Gasteiger partial charge on any atom is 0.345 e. The third-order valence-corrected chi connectivity index (χ3v) is 1.60. The molecular formula is C10H14O3. The highest BCUT2D eigenvalue weighted by atomic mass is 16.6. The predicted molar refractivity (Wildman–Crippen MR) is 50.0 cm³/mol. The fraction of sp³-hybridized carbons (Fsp3) is 0.400. The summed E-state index contributed by atoms with van der Waals surface area (Å²) in [6.45, 7) is 5.66. The summed E-state index contributed by atoms with van der Waals surface area (Å²) in [5, 5.41) is 0. The van der Waals surface area contributed by atoms with E-state index in [2.05, 4.69) is 4.74 Å². The van der Waals surface area contributed by atoms with Crippen molar-refractivity contribution >= 4 is 12.4 Å². The van der Waals surface area contributed by atoms with E-state index in [1.165, 1.54) is 0 Å². The van der Waals surface area contributed by atoms with E-state index in [-0.39, 0.29) is 6.47 Å². The molecule has 0 bridgehead atoms. The Kier molecular flexibility index (Phi) is 5.52. The van der Waals surface area contributed by atoms with Gasteiger partial charge in [-0.3, -0.25) is 4.79 Å². The number of allylic oxidation sites excluding steroid dienone is 2. The van der Waals surface area contributed by atoms with Gasteiger partial charge in [-0.05, 0) is 25.8 Å². The fourth-order valence-electron chi connectivity index (χ4n) is 1.03. The van der Waals surface area contributed by atoms with Gasteiger partial charge in [0, 0.05) is 0 Å². The van der Waals surface area contributed by atoms with E-state index in [0.717, 1.165) is 12.0 Å². The van der Waals surface area contributed by atoms with Crippen LogP contribution in [0.3, 0.4) is 0 Å². The molecule has 0 saturated carbocycles. The first-order valence-electron chi connectivity index (χ1n) is 4.15. The van der Waals surface area contributed by atoms with E-state index in [9.17, 15) is 9.59 Å². The largest absolute Gasteiger partial charge is 0.392 e. The van der Waals surface area contributed by atoms with Crippen molar-refractivity contribution < 1.29 is 14.3 Å². The Balaban J connectivity index is 4.62. The summed E-state index contributed by atoms with van der Waals surface area (Å²) in [6, 6.07) is 0. The molecule has 0 N–H and O–H groups in total. The number of hydrogen-bond acceptors (Lipinski definition) is 3. The van der Waals surface area contributed by atoms with Crippen molar-refractivity contribution in [3.8, 4) is 0 Å². The number of rotatable bonds is 4. The Morgan fingerprint density at radius 1 is 1.46 bits per heavy atom. The molecule has 0 aliphatic heterocycles. The summed E-state index contributed by atoms with van der Waals surface area (Å²) < 4.78 is 4.23. The van der Waals surface area contributed by atoms with Gasteiger partial charge in [-0.2, -0.15) is 0 Å². The van der Waals surface area contributed by atoms with Crippen LogP contribution in [0.5, 0.6) is 0 Å². The second-order valence-electron chi connectivity index (χ2n) is 2.50. The van der Waals surface area contributed by atoms with Crippen LogP contribution in [0, 0.1) is 0 Å².